The molecule has 2 amide bonds. The molecule has 0 aromatic carbocycles. The molecular weight excluding hydrogens is 312 g/mol. The molecule has 0 saturated carbocycles. The molecule has 24 heavy (non-hydrogen) atoms. The van der Waals surface area contributed by atoms with E-state index in [0.717, 1.165) is 11.5 Å². The second-order valence-corrected chi connectivity index (χ2v) is 5.10. The first-order valence-electron chi connectivity index (χ1n) is 7.19. The van der Waals surface area contributed by atoms with Crippen molar-refractivity contribution in [3.8, 4) is 0 Å². The molecular formula is C16H18N4O4. The summed E-state index contributed by atoms with van der Waals surface area (Å²) >= 11 is 0. The Hall–Kier alpha value is -3.16. The van der Waals surface area contributed by atoms with Gasteiger partial charge in [-0.05, 0) is 52.0 Å². The van der Waals surface area contributed by atoms with Crippen LogP contribution >= 0.6 is 0 Å². The SMILES string of the molecule is CC(=NNC(=O)C(=O)NN=C(C)c1ccc(C)o1)c1ccc(C)o1. The summed E-state index contributed by atoms with van der Waals surface area (Å²) in [6.45, 7) is 6.89. The molecule has 8 nitrogen and oxygen atoms in total. The van der Waals surface area contributed by atoms with E-state index in [1.807, 2.05) is 0 Å². The van der Waals surface area contributed by atoms with Gasteiger partial charge in [0.15, 0.2) is 0 Å². The lowest BCUT2D eigenvalue weighted by atomic mass is 10.3. The summed E-state index contributed by atoms with van der Waals surface area (Å²) in [7, 11) is 0. The van der Waals surface area contributed by atoms with Crippen LogP contribution in [-0.2, 0) is 9.59 Å². The number of carbonyl (C=O) groups is 2. The number of nitrogens with one attached hydrogen (secondary N) is 2. The first-order valence-corrected chi connectivity index (χ1v) is 7.19. The van der Waals surface area contributed by atoms with Crippen molar-refractivity contribution in [3.05, 3.63) is 47.3 Å². The number of hydrogen-bond donors (Lipinski definition) is 2. The van der Waals surface area contributed by atoms with Crippen LogP contribution in [-0.4, -0.2) is 23.2 Å². The van der Waals surface area contributed by atoms with Crippen molar-refractivity contribution in [2.75, 3.05) is 0 Å². The van der Waals surface area contributed by atoms with Gasteiger partial charge in [-0.15, -0.1) is 0 Å². The highest BCUT2D eigenvalue weighted by Gasteiger charge is 2.13. The van der Waals surface area contributed by atoms with E-state index in [0.29, 0.717) is 22.9 Å². The van der Waals surface area contributed by atoms with Crippen LogP contribution in [0.2, 0.25) is 0 Å². The Morgan fingerprint density at radius 2 is 1.17 bits per heavy atom. The predicted molar refractivity (Wildman–Crippen MR) is 87.6 cm³/mol. The van der Waals surface area contributed by atoms with Crippen molar-refractivity contribution in [1.82, 2.24) is 10.9 Å². The lowest BCUT2D eigenvalue weighted by Gasteiger charge is -2.01. The first-order chi connectivity index (χ1) is 11.4. The first kappa shape index (κ1) is 17.2. The standard InChI is InChI=1S/C16H18N4O4/c1-9-5-7-13(23-9)11(3)17-19-15(21)16(22)20-18-12(4)14-8-6-10(2)24-14/h5-8H,1-4H3,(H,19,21)(H,20,22). The van der Waals surface area contributed by atoms with Crippen molar-refractivity contribution in [2.24, 2.45) is 10.2 Å². The van der Waals surface area contributed by atoms with Crippen LogP contribution in [0.15, 0.2) is 43.3 Å². The molecule has 2 rings (SSSR count). The number of hydrogen-bond acceptors (Lipinski definition) is 6. The van der Waals surface area contributed by atoms with E-state index in [1.54, 1.807) is 52.0 Å². The quantitative estimate of drug-likeness (QED) is 0.506. The lowest BCUT2D eigenvalue weighted by molar-refractivity contribution is -0.139. The molecule has 0 bridgehead atoms. The van der Waals surface area contributed by atoms with Gasteiger partial charge in [-0.25, -0.2) is 10.9 Å². The largest absolute Gasteiger partial charge is 0.460 e. The molecule has 0 aliphatic heterocycles. The Morgan fingerprint density at radius 3 is 1.46 bits per heavy atom. The van der Waals surface area contributed by atoms with E-state index >= 15 is 0 Å². The Labute approximate surface area is 138 Å². The Balaban J connectivity index is 1.91. The number of carbonyl (C=O) groups excluding carboxylic acids is 2. The minimum absolute atomic E-state index is 0.440. The fraction of sp³-hybridized carbons (Fsp3) is 0.250. The third-order valence-electron chi connectivity index (χ3n) is 3.05. The van der Waals surface area contributed by atoms with Gasteiger partial charge in [0.05, 0.1) is 0 Å². The molecule has 2 aromatic heterocycles. The maximum Gasteiger partial charge on any atom is 0.331 e. The van der Waals surface area contributed by atoms with Crippen molar-refractivity contribution in [3.63, 3.8) is 0 Å². The fourth-order valence-electron chi connectivity index (χ4n) is 1.74. The molecule has 0 aliphatic carbocycles. The fourth-order valence-corrected chi connectivity index (χ4v) is 1.74. The third kappa shape index (κ3) is 4.42. The number of rotatable bonds is 4. The number of hydrazone groups is 2. The van der Waals surface area contributed by atoms with Gasteiger partial charge in [0.2, 0.25) is 0 Å². The topological polar surface area (TPSA) is 109 Å². The van der Waals surface area contributed by atoms with Crippen LogP contribution in [0.25, 0.3) is 0 Å². The third-order valence-corrected chi connectivity index (χ3v) is 3.05. The predicted octanol–water partition coefficient (Wildman–Crippen LogP) is 1.87. The van der Waals surface area contributed by atoms with Gasteiger partial charge < -0.3 is 8.83 Å². The molecule has 0 atom stereocenters. The highest BCUT2D eigenvalue weighted by Crippen LogP contribution is 2.07. The maximum absolute atomic E-state index is 11.7. The molecule has 126 valence electrons. The summed E-state index contributed by atoms with van der Waals surface area (Å²) in [6, 6.07) is 6.99. The van der Waals surface area contributed by atoms with E-state index in [-0.39, 0.29) is 0 Å². The van der Waals surface area contributed by atoms with Crippen LogP contribution in [0.4, 0.5) is 0 Å². The van der Waals surface area contributed by atoms with Gasteiger partial charge in [0.25, 0.3) is 0 Å². The van der Waals surface area contributed by atoms with Crippen LogP contribution in [0, 0.1) is 13.8 Å². The second-order valence-electron chi connectivity index (χ2n) is 5.10. The molecule has 0 saturated heterocycles. The minimum Gasteiger partial charge on any atom is -0.460 e. The summed E-state index contributed by atoms with van der Waals surface area (Å²) < 4.78 is 10.7. The van der Waals surface area contributed by atoms with Gasteiger partial charge in [0.1, 0.15) is 34.5 Å². The monoisotopic (exact) mass is 330 g/mol. The summed E-state index contributed by atoms with van der Waals surface area (Å²) in [5, 5.41) is 7.63. The lowest BCUT2D eigenvalue weighted by Crippen LogP contribution is -2.36. The number of aryl methyl sites for hydroxylation is 2. The summed E-state index contributed by atoms with van der Waals surface area (Å²) in [5.74, 6) is 0.586. The molecule has 0 spiro atoms. The van der Waals surface area contributed by atoms with Crippen molar-refractivity contribution in [2.45, 2.75) is 27.7 Å². The average Bonchev–Trinajstić information content (AvgIpc) is 3.18. The van der Waals surface area contributed by atoms with E-state index in [1.165, 1.54) is 0 Å². The van der Waals surface area contributed by atoms with Crippen molar-refractivity contribution in [1.29, 1.82) is 0 Å². The molecule has 0 unspecified atom stereocenters. The highest BCUT2D eigenvalue weighted by atomic mass is 16.3. The summed E-state index contributed by atoms with van der Waals surface area (Å²) in [5.41, 5.74) is 5.16. The molecule has 0 aliphatic rings. The average molecular weight is 330 g/mol. The maximum atomic E-state index is 11.7. The Kier molecular flexibility index (Phi) is 5.31. The molecule has 8 heteroatoms. The number of amides is 2. The smallest absolute Gasteiger partial charge is 0.331 e. The van der Waals surface area contributed by atoms with E-state index in [4.69, 9.17) is 8.83 Å². The zero-order valence-electron chi connectivity index (χ0n) is 13.8. The van der Waals surface area contributed by atoms with Crippen LogP contribution in [0.1, 0.15) is 36.9 Å². The number of furan rings is 2. The van der Waals surface area contributed by atoms with Gasteiger partial charge in [0, 0.05) is 0 Å². The molecule has 2 N–H and O–H groups in total. The van der Waals surface area contributed by atoms with Crippen LogP contribution in [0.5, 0.6) is 0 Å². The second kappa shape index (κ2) is 7.40. The van der Waals surface area contributed by atoms with Crippen molar-refractivity contribution < 1.29 is 18.4 Å². The zero-order valence-corrected chi connectivity index (χ0v) is 13.8. The van der Waals surface area contributed by atoms with Gasteiger partial charge in [-0.1, -0.05) is 0 Å². The van der Waals surface area contributed by atoms with Gasteiger partial charge in [-0.3, -0.25) is 9.59 Å². The van der Waals surface area contributed by atoms with Crippen molar-refractivity contribution >= 4 is 23.2 Å². The van der Waals surface area contributed by atoms with E-state index in [9.17, 15) is 9.59 Å². The van der Waals surface area contributed by atoms with Crippen LogP contribution < -0.4 is 10.9 Å². The molecule has 0 radical (unpaired) electrons. The summed E-state index contributed by atoms with van der Waals surface area (Å²) in [6.07, 6.45) is 0. The Morgan fingerprint density at radius 1 is 0.792 bits per heavy atom. The van der Waals surface area contributed by atoms with Gasteiger partial charge >= 0.3 is 11.8 Å². The Bertz CT molecular complexity index is 745. The van der Waals surface area contributed by atoms with Crippen LogP contribution in [0.3, 0.4) is 0 Å². The number of nitrogens with zero attached hydrogens (tertiary/aromatic N) is 2. The minimum atomic E-state index is -0.940. The van der Waals surface area contributed by atoms with E-state index in [2.05, 4.69) is 21.1 Å². The van der Waals surface area contributed by atoms with E-state index < -0.39 is 11.8 Å². The summed E-state index contributed by atoms with van der Waals surface area (Å²) in [4.78, 5) is 23.4. The normalized spacial score (nSPS) is 12.2. The molecule has 2 heterocycles. The molecule has 0 fully saturated rings. The van der Waals surface area contributed by atoms with Gasteiger partial charge in [-0.2, -0.15) is 10.2 Å². The molecule has 2 aromatic rings. The zero-order chi connectivity index (χ0) is 17.7. The highest BCUT2D eigenvalue weighted by molar-refractivity contribution is 6.35.